The minimum atomic E-state index is -0.170. The topological polar surface area (TPSA) is 82.8 Å². The minimum absolute atomic E-state index is 0. The Bertz CT molecular complexity index is 628. The lowest BCUT2D eigenvalue weighted by Crippen LogP contribution is -2.41. The molecular weight excluding hydrogens is 489 g/mol. The number of carbonyl (C=O) groups excluding carboxylic acids is 1. The number of halogens is 2. The van der Waals surface area contributed by atoms with E-state index in [0.717, 1.165) is 75.9 Å². The lowest BCUT2D eigenvalue weighted by Gasteiger charge is -2.30. The first-order chi connectivity index (χ1) is 13.1. The van der Waals surface area contributed by atoms with E-state index in [0.29, 0.717) is 0 Å². The van der Waals surface area contributed by atoms with Crippen molar-refractivity contribution in [2.75, 3.05) is 39.3 Å². The van der Waals surface area contributed by atoms with E-state index in [4.69, 9.17) is 17.3 Å². The van der Waals surface area contributed by atoms with E-state index in [1.54, 1.807) is 0 Å². The molecule has 4 N–H and O–H groups in total. The van der Waals surface area contributed by atoms with Gasteiger partial charge in [0.2, 0.25) is 5.91 Å². The first kappa shape index (κ1) is 25.0. The molecule has 1 aliphatic heterocycles. The Hall–Kier alpha value is -1.06. The van der Waals surface area contributed by atoms with E-state index in [2.05, 4.69) is 33.5 Å². The Morgan fingerprint density at radius 2 is 2.21 bits per heavy atom. The summed E-state index contributed by atoms with van der Waals surface area (Å²) in [4.78, 5) is 18.3. The summed E-state index contributed by atoms with van der Waals surface area (Å²) in [5.74, 6) is 0.678. The molecular formula is C20H33ClIN5O. The van der Waals surface area contributed by atoms with Crippen LogP contribution in [-0.2, 0) is 11.2 Å². The van der Waals surface area contributed by atoms with Crippen molar-refractivity contribution in [3.8, 4) is 0 Å². The van der Waals surface area contributed by atoms with Gasteiger partial charge in [-0.25, -0.2) is 0 Å². The van der Waals surface area contributed by atoms with Crippen LogP contribution in [0.3, 0.4) is 0 Å². The molecule has 1 aliphatic rings. The number of likely N-dealkylation sites (tertiary alicyclic amines) is 1. The zero-order valence-corrected chi connectivity index (χ0v) is 19.7. The Morgan fingerprint density at radius 1 is 1.39 bits per heavy atom. The van der Waals surface area contributed by atoms with Crippen LogP contribution < -0.4 is 16.4 Å². The van der Waals surface area contributed by atoms with Crippen molar-refractivity contribution in [1.29, 1.82) is 0 Å². The van der Waals surface area contributed by atoms with Gasteiger partial charge in [0.15, 0.2) is 5.96 Å². The van der Waals surface area contributed by atoms with Gasteiger partial charge in [-0.3, -0.25) is 9.79 Å². The number of carbonyl (C=O) groups is 1. The summed E-state index contributed by atoms with van der Waals surface area (Å²) in [5, 5.41) is 7.42. The van der Waals surface area contributed by atoms with Crippen molar-refractivity contribution in [3.05, 3.63) is 34.9 Å². The average molecular weight is 522 g/mol. The predicted molar refractivity (Wildman–Crippen MR) is 128 cm³/mol. The van der Waals surface area contributed by atoms with Gasteiger partial charge in [0, 0.05) is 31.2 Å². The monoisotopic (exact) mass is 521 g/mol. The molecule has 1 atom stereocenters. The molecule has 0 spiro atoms. The maximum atomic E-state index is 11.4. The van der Waals surface area contributed by atoms with Crippen LogP contribution in [0, 0.1) is 5.92 Å². The second-order valence-corrected chi connectivity index (χ2v) is 7.40. The molecule has 0 bridgehead atoms. The quantitative estimate of drug-likeness (QED) is 0.202. The SMILES string of the molecule is CCNC(=NCCCN1CCCC(C(N)=O)C1)NCCc1cccc(Cl)c1.I. The average Bonchev–Trinajstić information content (AvgIpc) is 2.65. The van der Waals surface area contributed by atoms with Crippen LogP contribution in [0.5, 0.6) is 0 Å². The van der Waals surface area contributed by atoms with Gasteiger partial charge in [0.25, 0.3) is 0 Å². The summed E-state index contributed by atoms with van der Waals surface area (Å²) in [6, 6.07) is 7.93. The summed E-state index contributed by atoms with van der Waals surface area (Å²) >= 11 is 6.02. The second kappa shape index (κ2) is 14.0. The number of hydrogen-bond acceptors (Lipinski definition) is 3. The molecule has 1 saturated heterocycles. The van der Waals surface area contributed by atoms with Crippen LogP contribution in [-0.4, -0.2) is 56.0 Å². The summed E-state index contributed by atoms with van der Waals surface area (Å²) in [7, 11) is 0. The van der Waals surface area contributed by atoms with Crippen molar-refractivity contribution in [3.63, 3.8) is 0 Å². The molecule has 6 nitrogen and oxygen atoms in total. The zero-order valence-electron chi connectivity index (χ0n) is 16.6. The number of rotatable bonds is 9. The van der Waals surface area contributed by atoms with E-state index < -0.39 is 0 Å². The number of nitrogens with zero attached hydrogens (tertiary/aromatic N) is 2. The van der Waals surface area contributed by atoms with E-state index in [9.17, 15) is 4.79 Å². The molecule has 8 heteroatoms. The van der Waals surface area contributed by atoms with Crippen molar-refractivity contribution < 1.29 is 4.79 Å². The number of nitrogens with one attached hydrogen (secondary N) is 2. The molecule has 1 fully saturated rings. The molecule has 1 amide bonds. The number of amides is 1. The standard InChI is InChI=1S/C20H32ClN5O.HI/c1-2-23-20(25-11-9-16-6-3-8-18(21)14-16)24-10-5-13-26-12-4-7-17(15-26)19(22)27;/h3,6,8,14,17H,2,4-5,7,9-13,15H2,1H3,(H2,22,27)(H2,23,24,25);1H. The minimum Gasteiger partial charge on any atom is -0.369 e. The lowest BCUT2D eigenvalue weighted by atomic mass is 9.97. The third-order valence-electron chi connectivity index (χ3n) is 4.75. The number of guanidine groups is 1. The fourth-order valence-electron chi connectivity index (χ4n) is 3.34. The van der Waals surface area contributed by atoms with Crippen molar-refractivity contribution >= 4 is 47.4 Å². The molecule has 158 valence electrons. The lowest BCUT2D eigenvalue weighted by molar-refractivity contribution is -0.123. The fourth-order valence-corrected chi connectivity index (χ4v) is 3.55. The Kier molecular flexibility index (Phi) is 12.5. The Morgan fingerprint density at radius 3 is 2.93 bits per heavy atom. The highest BCUT2D eigenvalue weighted by molar-refractivity contribution is 14.0. The summed E-state index contributed by atoms with van der Waals surface area (Å²) in [5.41, 5.74) is 6.65. The molecule has 2 rings (SSSR count). The van der Waals surface area contributed by atoms with E-state index >= 15 is 0 Å². The first-order valence-electron chi connectivity index (χ1n) is 9.86. The Balaban J connectivity index is 0.00000392. The van der Waals surface area contributed by atoms with Gasteiger partial charge in [-0.1, -0.05) is 23.7 Å². The molecule has 0 aliphatic carbocycles. The maximum Gasteiger partial charge on any atom is 0.221 e. The van der Waals surface area contributed by atoms with E-state index in [1.165, 1.54) is 5.56 Å². The maximum absolute atomic E-state index is 11.4. The predicted octanol–water partition coefficient (Wildman–Crippen LogP) is 2.64. The molecule has 0 aromatic heterocycles. The van der Waals surface area contributed by atoms with Crippen LogP contribution in [0.2, 0.25) is 5.02 Å². The second-order valence-electron chi connectivity index (χ2n) is 6.96. The van der Waals surface area contributed by atoms with Gasteiger partial charge in [-0.15, -0.1) is 24.0 Å². The van der Waals surface area contributed by atoms with Crippen LogP contribution >= 0.6 is 35.6 Å². The number of benzene rings is 1. The molecule has 1 unspecified atom stereocenters. The fraction of sp³-hybridized carbons (Fsp3) is 0.600. The number of piperidine rings is 1. The van der Waals surface area contributed by atoms with E-state index in [1.807, 2.05) is 18.2 Å². The third-order valence-corrected chi connectivity index (χ3v) is 4.98. The van der Waals surface area contributed by atoms with Crippen molar-refractivity contribution in [2.24, 2.45) is 16.6 Å². The van der Waals surface area contributed by atoms with Crippen LogP contribution in [0.25, 0.3) is 0 Å². The number of hydrogen-bond donors (Lipinski definition) is 3. The molecule has 0 saturated carbocycles. The number of aliphatic imine (C=N–C) groups is 1. The van der Waals surface area contributed by atoms with Crippen LogP contribution in [0.1, 0.15) is 31.7 Å². The number of primary amides is 1. The summed E-state index contributed by atoms with van der Waals surface area (Å²) < 4.78 is 0. The third kappa shape index (κ3) is 9.43. The summed E-state index contributed by atoms with van der Waals surface area (Å²) in [6.07, 6.45) is 3.83. The molecule has 1 heterocycles. The molecule has 1 aromatic rings. The smallest absolute Gasteiger partial charge is 0.221 e. The van der Waals surface area contributed by atoms with Crippen molar-refractivity contribution in [2.45, 2.75) is 32.6 Å². The molecule has 0 radical (unpaired) electrons. The first-order valence-corrected chi connectivity index (χ1v) is 10.2. The zero-order chi connectivity index (χ0) is 19.5. The van der Waals surface area contributed by atoms with Crippen molar-refractivity contribution in [1.82, 2.24) is 15.5 Å². The van der Waals surface area contributed by atoms with Gasteiger partial charge < -0.3 is 21.3 Å². The number of nitrogens with two attached hydrogens (primary N) is 1. The van der Waals surface area contributed by atoms with E-state index in [-0.39, 0.29) is 35.8 Å². The molecule has 1 aromatic carbocycles. The van der Waals surface area contributed by atoms with Gasteiger partial charge in [-0.05, 0) is 63.4 Å². The van der Waals surface area contributed by atoms with Gasteiger partial charge >= 0.3 is 0 Å². The highest BCUT2D eigenvalue weighted by atomic mass is 127. The highest BCUT2D eigenvalue weighted by Crippen LogP contribution is 2.16. The molecule has 28 heavy (non-hydrogen) atoms. The van der Waals surface area contributed by atoms with Crippen LogP contribution in [0.4, 0.5) is 0 Å². The van der Waals surface area contributed by atoms with Gasteiger partial charge in [0.1, 0.15) is 0 Å². The normalized spacial score (nSPS) is 17.6. The van der Waals surface area contributed by atoms with Gasteiger partial charge in [-0.2, -0.15) is 0 Å². The highest BCUT2D eigenvalue weighted by Gasteiger charge is 2.23. The van der Waals surface area contributed by atoms with Gasteiger partial charge in [0.05, 0.1) is 5.92 Å². The largest absolute Gasteiger partial charge is 0.369 e. The summed E-state index contributed by atoms with van der Waals surface area (Å²) in [6.45, 7) is 7.24. The van der Waals surface area contributed by atoms with Crippen LogP contribution in [0.15, 0.2) is 29.3 Å². The Labute approximate surface area is 190 Å².